The van der Waals surface area contributed by atoms with E-state index in [1.165, 1.54) is 0 Å². The standard InChI is InChI=1S/C15H20N2O2.ClH/c18-13-9-10-5-1-2-6-11(10)14(13)17-15(19)12-7-3-4-8-16-12;/h1-2,5-6,12-14,16,18H,3-4,7-9H2,(H,17,19);1H/t12-,13-,14+;/m0./s1. The first-order valence-corrected chi connectivity index (χ1v) is 7.05. The minimum atomic E-state index is -0.509. The topological polar surface area (TPSA) is 61.4 Å². The third kappa shape index (κ3) is 2.97. The lowest BCUT2D eigenvalue weighted by Gasteiger charge is -2.26. The zero-order chi connectivity index (χ0) is 13.2. The van der Waals surface area contributed by atoms with E-state index >= 15 is 0 Å². The SMILES string of the molecule is Cl.O=C(N[C@@H]1c2ccccc2C[C@@H]1O)[C@@H]1CCCCN1. The van der Waals surface area contributed by atoms with Crippen molar-refractivity contribution in [3.8, 4) is 0 Å². The number of hydrogen-bond donors (Lipinski definition) is 3. The first kappa shape index (κ1) is 15.3. The maximum Gasteiger partial charge on any atom is 0.237 e. The second-order valence-electron chi connectivity index (χ2n) is 5.46. The number of aliphatic hydroxyl groups excluding tert-OH is 1. The number of carbonyl (C=O) groups excluding carboxylic acids is 1. The molecule has 1 fully saturated rings. The highest BCUT2D eigenvalue weighted by Crippen LogP contribution is 2.31. The second kappa shape index (κ2) is 6.57. The van der Waals surface area contributed by atoms with E-state index in [0.29, 0.717) is 6.42 Å². The molecular weight excluding hydrogens is 276 g/mol. The van der Waals surface area contributed by atoms with Gasteiger partial charge in [0.25, 0.3) is 0 Å². The summed E-state index contributed by atoms with van der Waals surface area (Å²) < 4.78 is 0. The van der Waals surface area contributed by atoms with E-state index in [1.807, 2.05) is 24.3 Å². The Morgan fingerprint density at radius 1 is 1.30 bits per heavy atom. The average Bonchev–Trinajstić information content (AvgIpc) is 2.76. The Hall–Kier alpha value is -1.10. The number of amides is 1. The lowest BCUT2D eigenvalue weighted by Crippen LogP contribution is -2.48. The molecule has 110 valence electrons. The molecule has 0 radical (unpaired) electrons. The van der Waals surface area contributed by atoms with Gasteiger partial charge in [-0.3, -0.25) is 4.79 Å². The van der Waals surface area contributed by atoms with E-state index < -0.39 is 6.10 Å². The first-order valence-electron chi connectivity index (χ1n) is 7.05. The van der Waals surface area contributed by atoms with E-state index in [-0.39, 0.29) is 30.4 Å². The lowest BCUT2D eigenvalue weighted by molar-refractivity contribution is -0.125. The number of aliphatic hydroxyl groups is 1. The van der Waals surface area contributed by atoms with Gasteiger partial charge >= 0.3 is 0 Å². The van der Waals surface area contributed by atoms with Gasteiger partial charge in [0.05, 0.1) is 18.2 Å². The number of halogens is 1. The van der Waals surface area contributed by atoms with Crippen LogP contribution in [0.1, 0.15) is 36.4 Å². The molecule has 1 aromatic carbocycles. The molecule has 1 heterocycles. The van der Waals surface area contributed by atoms with Crippen LogP contribution in [-0.4, -0.2) is 29.7 Å². The van der Waals surface area contributed by atoms with E-state index in [0.717, 1.165) is 36.9 Å². The van der Waals surface area contributed by atoms with Crippen molar-refractivity contribution in [1.82, 2.24) is 10.6 Å². The quantitative estimate of drug-likeness (QED) is 0.771. The summed E-state index contributed by atoms with van der Waals surface area (Å²) in [5, 5.41) is 16.4. The fourth-order valence-corrected chi connectivity index (χ4v) is 3.08. The number of piperidine rings is 1. The summed E-state index contributed by atoms with van der Waals surface area (Å²) in [6, 6.07) is 7.57. The maximum absolute atomic E-state index is 12.2. The van der Waals surface area contributed by atoms with Crippen LogP contribution in [0.3, 0.4) is 0 Å². The maximum atomic E-state index is 12.2. The number of nitrogens with one attached hydrogen (secondary N) is 2. The van der Waals surface area contributed by atoms with E-state index in [9.17, 15) is 9.90 Å². The van der Waals surface area contributed by atoms with Gasteiger partial charge in [0, 0.05) is 6.42 Å². The van der Waals surface area contributed by atoms with Gasteiger partial charge in [-0.2, -0.15) is 0 Å². The largest absolute Gasteiger partial charge is 0.390 e. The van der Waals surface area contributed by atoms with Crippen molar-refractivity contribution in [3.63, 3.8) is 0 Å². The average molecular weight is 297 g/mol. The minimum Gasteiger partial charge on any atom is -0.390 e. The molecule has 5 heteroatoms. The molecule has 0 spiro atoms. The summed E-state index contributed by atoms with van der Waals surface area (Å²) in [4.78, 5) is 12.2. The van der Waals surface area contributed by atoms with Crippen molar-refractivity contribution in [3.05, 3.63) is 35.4 Å². The molecule has 0 saturated carbocycles. The Balaban J connectivity index is 0.00000147. The van der Waals surface area contributed by atoms with E-state index in [4.69, 9.17) is 0 Å². The highest BCUT2D eigenvalue weighted by molar-refractivity contribution is 5.85. The molecule has 2 aliphatic rings. The van der Waals surface area contributed by atoms with Crippen LogP contribution in [0.4, 0.5) is 0 Å². The van der Waals surface area contributed by atoms with Crippen LogP contribution in [0.15, 0.2) is 24.3 Å². The summed E-state index contributed by atoms with van der Waals surface area (Å²) in [6.45, 7) is 0.905. The van der Waals surface area contributed by atoms with Crippen LogP contribution >= 0.6 is 12.4 Å². The molecule has 3 rings (SSSR count). The molecule has 3 atom stereocenters. The fourth-order valence-electron chi connectivity index (χ4n) is 3.08. The van der Waals surface area contributed by atoms with E-state index in [2.05, 4.69) is 10.6 Å². The van der Waals surface area contributed by atoms with E-state index in [1.54, 1.807) is 0 Å². The summed E-state index contributed by atoms with van der Waals surface area (Å²) in [6.07, 6.45) is 3.23. The van der Waals surface area contributed by atoms with Gasteiger partial charge in [-0.05, 0) is 30.5 Å². The van der Waals surface area contributed by atoms with Gasteiger partial charge in [0.1, 0.15) is 0 Å². The molecule has 0 unspecified atom stereocenters. The Morgan fingerprint density at radius 3 is 2.85 bits per heavy atom. The normalized spacial score (nSPS) is 28.4. The molecule has 1 aliphatic carbocycles. The molecule has 1 saturated heterocycles. The number of benzene rings is 1. The Morgan fingerprint density at radius 2 is 2.10 bits per heavy atom. The number of carbonyl (C=O) groups is 1. The highest BCUT2D eigenvalue weighted by Gasteiger charge is 2.33. The van der Waals surface area contributed by atoms with Gasteiger partial charge < -0.3 is 15.7 Å². The summed E-state index contributed by atoms with van der Waals surface area (Å²) in [5.74, 6) is 0.0143. The minimum absolute atomic E-state index is 0. The third-order valence-electron chi connectivity index (χ3n) is 4.13. The van der Waals surface area contributed by atoms with Crippen LogP contribution in [0.2, 0.25) is 0 Å². The number of fused-ring (bicyclic) bond motifs is 1. The molecule has 20 heavy (non-hydrogen) atoms. The van der Waals surface area contributed by atoms with Crippen LogP contribution in [0, 0.1) is 0 Å². The molecule has 0 bridgehead atoms. The molecule has 0 aromatic heterocycles. The predicted molar refractivity (Wildman–Crippen MR) is 79.9 cm³/mol. The first-order chi connectivity index (χ1) is 9.25. The lowest BCUT2D eigenvalue weighted by atomic mass is 10.0. The van der Waals surface area contributed by atoms with Gasteiger partial charge in [-0.25, -0.2) is 0 Å². The van der Waals surface area contributed by atoms with Crippen molar-refractivity contribution < 1.29 is 9.90 Å². The summed E-state index contributed by atoms with van der Waals surface area (Å²) in [5.41, 5.74) is 2.19. The Bertz CT molecular complexity index is 475. The summed E-state index contributed by atoms with van der Waals surface area (Å²) >= 11 is 0. The second-order valence-corrected chi connectivity index (χ2v) is 5.46. The number of hydrogen-bond acceptors (Lipinski definition) is 3. The zero-order valence-corrected chi connectivity index (χ0v) is 12.2. The fraction of sp³-hybridized carbons (Fsp3) is 0.533. The van der Waals surface area contributed by atoms with Crippen LogP contribution in [0.5, 0.6) is 0 Å². The Labute approximate surface area is 125 Å². The van der Waals surface area contributed by atoms with Crippen LogP contribution < -0.4 is 10.6 Å². The van der Waals surface area contributed by atoms with Gasteiger partial charge in [0.2, 0.25) is 5.91 Å². The number of rotatable bonds is 2. The van der Waals surface area contributed by atoms with Crippen molar-refractivity contribution in [2.75, 3.05) is 6.54 Å². The molecule has 3 N–H and O–H groups in total. The van der Waals surface area contributed by atoms with Crippen LogP contribution in [0.25, 0.3) is 0 Å². The van der Waals surface area contributed by atoms with Crippen molar-refractivity contribution >= 4 is 18.3 Å². The third-order valence-corrected chi connectivity index (χ3v) is 4.13. The van der Waals surface area contributed by atoms with Gasteiger partial charge in [0.15, 0.2) is 0 Å². The summed E-state index contributed by atoms with van der Waals surface area (Å²) in [7, 11) is 0. The molecule has 4 nitrogen and oxygen atoms in total. The monoisotopic (exact) mass is 296 g/mol. The van der Waals surface area contributed by atoms with Crippen molar-refractivity contribution in [2.45, 2.75) is 43.9 Å². The smallest absolute Gasteiger partial charge is 0.237 e. The molecule has 1 aromatic rings. The van der Waals surface area contributed by atoms with Crippen molar-refractivity contribution in [2.24, 2.45) is 0 Å². The molecule has 1 amide bonds. The Kier molecular flexibility index (Phi) is 5.02. The zero-order valence-electron chi connectivity index (χ0n) is 11.3. The highest BCUT2D eigenvalue weighted by atomic mass is 35.5. The molecule has 1 aliphatic heterocycles. The van der Waals surface area contributed by atoms with Gasteiger partial charge in [-0.15, -0.1) is 12.4 Å². The van der Waals surface area contributed by atoms with Crippen LogP contribution in [-0.2, 0) is 11.2 Å². The van der Waals surface area contributed by atoms with Gasteiger partial charge in [-0.1, -0.05) is 30.7 Å². The molecular formula is C15H21ClN2O2. The van der Waals surface area contributed by atoms with Crippen molar-refractivity contribution in [1.29, 1.82) is 0 Å². The predicted octanol–water partition coefficient (Wildman–Crippen LogP) is 1.32.